The van der Waals surface area contributed by atoms with Crippen molar-refractivity contribution in [2.24, 2.45) is 39.7 Å². The summed E-state index contributed by atoms with van der Waals surface area (Å²) in [6.07, 6.45) is 14.5. The van der Waals surface area contributed by atoms with Gasteiger partial charge in [0, 0.05) is 11.8 Å². The molecule has 4 rings (SSSR count). The van der Waals surface area contributed by atoms with Crippen LogP contribution in [0.3, 0.4) is 0 Å². The third-order valence-electron chi connectivity index (χ3n) is 11.3. The van der Waals surface area contributed by atoms with Gasteiger partial charge < -0.3 is 30.8 Å². The second kappa shape index (κ2) is 12.9. The Morgan fingerprint density at radius 1 is 1.07 bits per heavy atom. The highest BCUT2D eigenvalue weighted by atomic mass is 16.6. The standard InChI is InChI=1S/C33H47N3O8/c1-6-33(43)16-13-24-22-8-7-20-17-21(11-14-31(20,4)23(22)12-15-32(24,33)5)36-44-18-26(37)35-28(19(2)3)29(40)34-25(30(41)42)9-10-27(38)39/h1,17,19,22-25,28,43H,7-16,18H2,2-5H3,(H,34,40)(H,35,37)(H,38,39)(H,41,42)/b36-21+/t22-,23+,24+,25+,28-,31+,32+,33-/m1/s1. The number of terminal acetylenes is 1. The van der Waals surface area contributed by atoms with Crippen LogP contribution in [-0.2, 0) is 24.0 Å². The number of carboxylic acids is 2. The Morgan fingerprint density at radius 3 is 2.41 bits per heavy atom. The number of amides is 2. The summed E-state index contributed by atoms with van der Waals surface area (Å²) in [6.45, 7) is 7.55. The largest absolute Gasteiger partial charge is 0.481 e. The van der Waals surface area contributed by atoms with Gasteiger partial charge in [-0.25, -0.2) is 4.79 Å². The number of oxime groups is 1. The van der Waals surface area contributed by atoms with Gasteiger partial charge in [-0.3, -0.25) is 14.4 Å². The molecule has 4 aliphatic carbocycles. The lowest BCUT2D eigenvalue weighted by Gasteiger charge is -2.58. The van der Waals surface area contributed by atoms with E-state index in [1.807, 2.05) is 0 Å². The predicted molar refractivity (Wildman–Crippen MR) is 162 cm³/mol. The van der Waals surface area contributed by atoms with E-state index in [1.165, 1.54) is 5.57 Å². The number of fused-ring (bicyclic) bond motifs is 5. The quantitative estimate of drug-likeness (QED) is 0.174. The first-order chi connectivity index (χ1) is 20.6. The molecule has 5 N–H and O–H groups in total. The molecule has 0 aromatic rings. The van der Waals surface area contributed by atoms with Crippen LogP contribution < -0.4 is 10.6 Å². The zero-order valence-electron chi connectivity index (χ0n) is 26.2. The van der Waals surface area contributed by atoms with Crippen molar-refractivity contribution in [1.82, 2.24) is 10.6 Å². The van der Waals surface area contributed by atoms with E-state index in [-0.39, 0.29) is 23.2 Å². The Hall–Kier alpha value is -3.39. The maximum absolute atomic E-state index is 12.8. The molecule has 0 radical (unpaired) electrons. The lowest BCUT2D eigenvalue weighted by atomic mass is 9.46. The van der Waals surface area contributed by atoms with Crippen molar-refractivity contribution in [2.45, 2.75) is 110 Å². The third-order valence-corrected chi connectivity index (χ3v) is 11.3. The van der Waals surface area contributed by atoms with Crippen LogP contribution in [0.4, 0.5) is 0 Å². The lowest BCUT2D eigenvalue weighted by molar-refractivity contribution is -0.143. The number of aliphatic hydroxyl groups is 1. The van der Waals surface area contributed by atoms with E-state index < -0.39 is 54.5 Å². The summed E-state index contributed by atoms with van der Waals surface area (Å²) < 4.78 is 0. The van der Waals surface area contributed by atoms with E-state index in [1.54, 1.807) is 13.8 Å². The van der Waals surface area contributed by atoms with Gasteiger partial charge >= 0.3 is 11.9 Å². The average Bonchev–Trinajstić information content (AvgIpc) is 3.24. The summed E-state index contributed by atoms with van der Waals surface area (Å²) in [7, 11) is 0. The van der Waals surface area contributed by atoms with Crippen molar-refractivity contribution in [2.75, 3.05) is 6.61 Å². The molecule has 0 bridgehead atoms. The Morgan fingerprint density at radius 2 is 1.77 bits per heavy atom. The molecule has 11 nitrogen and oxygen atoms in total. The highest BCUT2D eigenvalue weighted by Crippen LogP contribution is 2.67. The number of nitrogens with one attached hydrogen (secondary N) is 2. The number of allylic oxidation sites excluding steroid dienone is 2. The zero-order valence-corrected chi connectivity index (χ0v) is 26.2. The molecule has 0 spiro atoms. The van der Waals surface area contributed by atoms with E-state index in [0.717, 1.165) is 44.2 Å². The van der Waals surface area contributed by atoms with Gasteiger partial charge in [-0.2, -0.15) is 0 Å². The maximum atomic E-state index is 12.8. The molecule has 2 amide bonds. The highest BCUT2D eigenvalue weighted by Gasteiger charge is 2.63. The molecule has 4 aliphatic rings. The molecule has 3 fully saturated rings. The number of hydrogen-bond acceptors (Lipinski definition) is 7. The molecule has 3 saturated carbocycles. The van der Waals surface area contributed by atoms with Crippen molar-refractivity contribution in [3.8, 4) is 12.3 Å². The van der Waals surface area contributed by atoms with Crippen LogP contribution in [0.1, 0.15) is 91.9 Å². The second-order valence-corrected chi connectivity index (χ2v) is 14.0. The van der Waals surface area contributed by atoms with Gasteiger partial charge in [0.05, 0.1) is 5.71 Å². The number of hydrogen-bond donors (Lipinski definition) is 5. The SMILES string of the molecule is C#C[C@@]1(O)CC[C@H]2[C@@H]3CCC4=C/C(=N/OCC(=O)N[C@@H](C(=O)N[C@@H](CCC(=O)O)C(=O)O)C(C)C)CC[C@]4(C)[C@H]3CC[C@@]21C. The zero-order chi connectivity index (χ0) is 32.4. The minimum Gasteiger partial charge on any atom is -0.481 e. The van der Waals surface area contributed by atoms with Crippen LogP contribution in [0, 0.1) is 46.8 Å². The fourth-order valence-electron chi connectivity index (χ4n) is 8.61. The number of carbonyl (C=O) groups is 4. The summed E-state index contributed by atoms with van der Waals surface area (Å²) in [5, 5.41) is 38.6. The molecule has 0 saturated heterocycles. The van der Waals surface area contributed by atoms with Gasteiger partial charge in [-0.1, -0.05) is 44.3 Å². The monoisotopic (exact) mass is 613 g/mol. The van der Waals surface area contributed by atoms with E-state index >= 15 is 0 Å². The fourth-order valence-corrected chi connectivity index (χ4v) is 8.61. The van der Waals surface area contributed by atoms with Crippen molar-refractivity contribution >= 4 is 29.5 Å². The molecule has 44 heavy (non-hydrogen) atoms. The first-order valence-corrected chi connectivity index (χ1v) is 15.8. The van der Waals surface area contributed by atoms with E-state index in [0.29, 0.717) is 30.6 Å². The number of carbonyl (C=O) groups excluding carboxylic acids is 2. The molecular formula is C33H47N3O8. The molecular weight excluding hydrogens is 566 g/mol. The Bertz CT molecular complexity index is 1270. The van der Waals surface area contributed by atoms with E-state index in [9.17, 15) is 29.4 Å². The van der Waals surface area contributed by atoms with Crippen LogP contribution in [0.25, 0.3) is 0 Å². The molecule has 11 heteroatoms. The minimum atomic E-state index is -1.39. The van der Waals surface area contributed by atoms with Crippen molar-refractivity contribution in [3.63, 3.8) is 0 Å². The van der Waals surface area contributed by atoms with Crippen LogP contribution in [0.2, 0.25) is 0 Å². The topological polar surface area (TPSA) is 175 Å². The Balaban J connectivity index is 1.34. The third kappa shape index (κ3) is 6.37. The molecule has 0 aromatic carbocycles. The molecule has 0 heterocycles. The summed E-state index contributed by atoms with van der Waals surface area (Å²) in [5.74, 6) is 0.0444. The summed E-state index contributed by atoms with van der Waals surface area (Å²) in [6, 6.07) is -2.42. The fraction of sp³-hybridized carbons (Fsp3) is 0.727. The number of rotatable bonds is 11. The lowest BCUT2D eigenvalue weighted by Crippen LogP contribution is -2.54. The van der Waals surface area contributed by atoms with Crippen molar-refractivity contribution in [1.29, 1.82) is 0 Å². The molecule has 0 aromatic heterocycles. The Labute approximate surface area is 259 Å². The van der Waals surface area contributed by atoms with Gasteiger partial charge in [-0.05, 0) is 93.0 Å². The molecule has 0 unspecified atom stereocenters. The van der Waals surface area contributed by atoms with Crippen molar-refractivity contribution < 1.29 is 39.3 Å². The normalized spacial score (nSPS) is 34.8. The highest BCUT2D eigenvalue weighted by molar-refractivity contribution is 5.96. The van der Waals surface area contributed by atoms with Crippen LogP contribution in [0.15, 0.2) is 16.8 Å². The number of nitrogens with zero attached hydrogens (tertiary/aromatic N) is 1. The second-order valence-electron chi connectivity index (χ2n) is 14.0. The minimum absolute atomic E-state index is 0.0492. The number of aliphatic carboxylic acids is 2. The van der Waals surface area contributed by atoms with E-state index in [4.69, 9.17) is 16.4 Å². The van der Waals surface area contributed by atoms with Gasteiger partial charge in [-0.15, -0.1) is 6.42 Å². The van der Waals surface area contributed by atoms with Crippen LogP contribution >= 0.6 is 0 Å². The average molecular weight is 614 g/mol. The molecule has 242 valence electrons. The Kier molecular flexibility index (Phi) is 9.84. The molecule has 8 atom stereocenters. The van der Waals surface area contributed by atoms with Gasteiger partial charge in [0.2, 0.25) is 5.91 Å². The first-order valence-electron chi connectivity index (χ1n) is 15.8. The van der Waals surface area contributed by atoms with Gasteiger partial charge in [0.25, 0.3) is 5.91 Å². The molecule has 0 aliphatic heterocycles. The van der Waals surface area contributed by atoms with Gasteiger partial charge in [0.15, 0.2) is 6.61 Å². The van der Waals surface area contributed by atoms with Crippen LogP contribution in [-0.4, -0.2) is 69.1 Å². The summed E-state index contributed by atoms with van der Waals surface area (Å²) >= 11 is 0. The smallest absolute Gasteiger partial charge is 0.326 e. The van der Waals surface area contributed by atoms with Crippen LogP contribution in [0.5, 0.6) is 0 Å². The van der Waals surface area contributed by atoms with Crippen molar-refractivity contribution in [3.05, 3.63) is 11.6 Å². The summed E-state index contributed by atoms with van der Waals surface area (Å²) in [4.78, 5) is 53.1. The maximum Gasteiger partial charge on any atom is 0.326 e. The number of carboxylic acid groups (broad SMARTS) is 2. The van der Waals surface area contributed by atoms with Gasteiger partial charge in [0.1, 0.15) is 17.7 Å². The first kappa shape index (κ1) is 33.5. The summed E-state index contributed by atoms with van der Waals surface area (Å²) in [5.41, 5.74) is 0.931. The van der Waals surface area contributed by atoms with E-state index in [2.05, 4.69) is 41.6 Å². The predicted octanol–water partition coefficient (Wildman–Crippen LogP) is 3.26.